The van der Waals surface area contributed by atoms with E-state index in [0.717, 1.165) is 27.8 Å². The normalized spacial score (nSPS) is 10.1. The van der Waals surface area contributed by atoms with Gasteiger partial charge in [-0.15, -0.1) is 11.8 Å². The van der Waals surface area contributed by atoms with E-state index in [1.54, 1.807) is 24.2 Å². The minimum atomic E-state index is -0.0645. The highest BCUT2D eigenvalue weighted by molar-refractivity contribution is 7.98. The Hall–Kier alpha value is -2.08. The molecule has 0 radical (unpaired) electrons. The lowest BCUT2D eigenvalue weighted by molar-refractivity contribution is -0.114. The van der Waals surface area contributed by atoms with Crippen LogP contribution >= 0.6 is 11.8 Å². The van der Waals surface area contributed by atoms with Gasteiger partial charge in [0.05, 0.1) is 18.1 Å². The van der Waals surface area contributed by atoms with Gasteiger partial charge in [0.25, 0.3) is 0 Å². The van der Waals surface area contributed by atoms with E-state index >= 15 is 0 Å². The molecule has 1 amide bonds. The molecule has 0 aliphatic carbocycles. The second kappa shape index (κ2) is 6.91. The van der Waals surface area contributed by atoms with Crippen LogP contribution in [0.3, 0.4) is 0 Å². The molecule has 0 atom stereocenters. The standard InChI is InChI=1S/C14H16N4OS/c1-10(19)18-11-3-5-13(6-4-11)20-9-12-7-17-14(15-2)8-16-12/h3-8H,9H2,1-2H3,(H,15,17)(H,18,19). The van der Waals surface area contributed by atoms with Crippen molar-refractivity contribution in [3.05, 3.63) is 42.4 Å². The average Bonchev–Trinajstić information content (AvgIpc) is 2.46. The first-order chi connectivity index (χ1) is 9.67. The Kier molecular flexibility index (Phi) is 4.95. The van der Waals surface area contributed by atoms with Gasteiger partial charge in [0.1, 0.15) is 5.82 Å². The Morgan fingerprint density at radius 2 is 1.95 bits per heavy atom. The molecule has 0 fully saturated rings. The van der Waals surface area contributed by atoms with Crippen LogP contribution in [-0.2, 0) is 10.5 Å². The van der Waals surface area contributed by atoms with E-state index in [2.05, 4.69) is 20.6 Å². The first-order valence-corrected chi connectivity index (χ1v) is 7.15. The van der Waals surface area contributed by atoms with Crippen molar-refractivity contribution < 1.29 is 4.79 Å². The predicted molar refractivity (Wildman–Crippen MR) is 81.9 cm³/mol. The first kappa shape index (κ1) is 14.3. The largest absolute Gasteiger partial charge is 0.372 e. The smallest absolute Gasteiger partial charge is 0.221 e. The summed E-state index contributed by atoms with van der Waals surface area (Å²) in [6.45, 7) is 1.50. The van der Waals surface area contributed by atoms with Gasteiger partial charge in [-0.2, -0.15) is 0 Å². The summed E-state index contributed by atoms with van der Waals surface area (Å²) >= 11 is 1.68. The molecule has 0 aliphatic heterocycles. The molecule has 2 N–H and O–H groups in total. The lowest BCUT2D eigenvalue weighted by atomic mass is 10.3. The number of thioether (sulfide) groups is 1. The quantitative estimate of drug-likeness (QED) is 0.828. The number of hydrogen-bond acceptors (Lipinski definition) is 5. The van der Waals surface area contributed by atoms with Gasteiger partial charge in [-0.05, 0) is 24.3 Å². The summed E-state index contributed by atoms with van der Waals surface area (Å²) in [7, 11) is 1.81. The van der Waals surface area contributed by atoms with Crippen LogP contribution in [0.4, 0.5) is 11.5 Å². The Balaban J connectivity index is 1.91. The number of carbonyl (C=O) groups excluding carboxylic acids is 1. The highest BCUT2D eigenvalue weighted by Crippen LogP contribution is 2.23. The molecule has 0 bridgehead atoms. The van der Waals surface area contributed by atoms with Crippen molar-refractivity contribution in [1.29, 1.82) is 0 Å². The van der Waals surface area contributed by atoms with E-state index in [-0.39, 0.29) is 5.91 Å². The van der Waals surface area contributed by atoms with Crippen LogP contribution in [0, 0.1) is 0 Å². The van der Waals surface area contributed by atoms with Gasteiger partial charge in [-0.3, -0.25) is 9.78 Å². The number of carbonyl (C=O) groups is 1. The molecule has 1 aromatic carbocycles. The van der Waals surface area contributed by atoms with E-state index < -0.39 is 0 Å². The number of nitrogens with one attached hydrogen (secondary N) is 2. The van der Waals surface area contributed by atoms with Crippen LogP contribution < -0.4 is 10.6 Å². The third kappa shape index (κ3) is 4.24. The van der Waals surface area contributed by atoms with Gasteiger partial charge >= 0.3 is 0 Å². The number of benzene rings is 1. The van der Waals surface area contributed by atoms with Crippen molar-refractivity contribution >= 4 is 29.2 Å². The molecule has 104 valence electrons. The molecular formula is C14H16N4OS. The fourth-order valence-electron chi connectivity index (χ4n) is 1.55. The van der Waals surface area contributed by atoms with Crippen LogP contribution in [0.25, 0.3) is 0 Å². The number of amides is 1. The van der Waals surface area contributed by atoms with Gasteiger partial charge in [0.15, 0.2) is 0 Å². The number of hydrogen-bond donors (Lipinski definition) is 2. The minimum absolute atomic E-state index is 0.0645. The third-order valence-electron chi connectivity index (χ3n) is 2.52. The summed E-state index contributed by atoms with van der Waals surface area (Å²) in [6, 6.07) is 7.73. The molecule has 0 aliphatic rings. The number of rotatable bonds is 5. The fourth-order valence-corrected chi connectivity index (χ4v) is 2.35. The van der Waals surface area contributed by atoms with Gasteiger partial charge in [-0.1, -0.05) is 0 Å². The van der Waals surface area contributed by atoms with Crippen molar-refractivity contribution in [2.24, 2.45) is 0 Å². The monoisotopic (exact) mass is 288 g/mol. The zero-order valence-electron chi connectivity index (χ0n) is 11.4. The van der Waals surface area contributed by atoms with Crippen LogP contribution in [0.15, 0.2) is 41.6 Å². The Bertz CT molecular complexity index is 569. The first-order valence-electron chi connectivity index (χ1n) is 6.16. The van der Waals surface area contributed by atoms with E-state index in [1.165, 1.54) is 6.92 Å². The number of anilines is 2. The van der Waals surface area contributed by atoms with Gasteiger partial charge < -0.3 is 10.6 Å². The molecule has 2 rings (SSSR count). The summed E-state index contributed by atoms with van der Waals surface area (Å²) in [4.78, 5) is 20.6. The van der Waals surface area contributed by atoms with E-state index in [4.69, 9.17) is 0 Å². The fraction of sp³-hybridized carbons (Fsp3) is 0.214. The van der Waals surface area contributed by atoms with Crippen LogP contribution in [-0.4, -0.2) is 22.9 Å². The Morgan fingerprint density at radius 1 is 1.20 bits per heavy atom. The lowest BCUT2D eigenvalue weighted by Crippen LogP contribution is -2.05. The molecule has 6 heteroatoms. The molecule has 20 heavy (non-hydrogen) atoms. The SMILES string of the molecule is CNc1cnc(CSc2ccc(NC(C)=O)cc2)cn1. The Labute approximate surface area is 122 Å². The molecule has 0 saturated carbocycles. The minimum Gasteiger partial charge on any atom is -0.372 e. The van der Waals surface area contributed by atoms with Crippen molar-refractivity contribution in [1.82, 2.24) is 9.97 Å². The third-order valence-corrected chi connectivity index (χ3v) is 3.57. The summed E-state index contributed by atoms with van der Waals surface area (Å²) in [5.41, 5.74) is 1.74. The zero-order valence-corrected chi connectivity index (χ0v) is 12.2. The van der Waals surface area contributed by atoms with E-state index in [9.17, 15) is 4.79 Å². The summed E-state index contributed by atoms with van der Waals surface area (Å²) < 4.78 is 0. The second-order valence-corrected chi connectivity index (χ2v) is 5.19. The Morgan fingerprint density at radius 3 is 2.50 bits per heavy atom. The van der Waals surface area contributed by atoms with Crippen LogP contribution in [0.2, 0.25) is 0 Å². The van der Waals surface area contributed by atoms with E-state index in [0.29, 0.717) is 0 Å². The van der Waals surface area contributed by atoms with Crippen molar-refractivity contribution in [2.45, 2.75) is 17.6 Å². The molecule has 0 spiro atoms. The molecule has 0 saturated heterocycles. The summed E-state index contributed by atoms with van der Waals surface area (Å²) in [5, 5.41) is 5.68. The van der Waals surface area contributed by atoms with Crippen molar-refractivity contribution in [3.8, 4) is 0 Å². The van der Waals surface area contributed by atoms with Crippen LogP contribution in [0.1, 0.15) is 12.6 Å². The van der Waals surface area contributed by atoms with Gasteiger partial charge in [-0.25, -0.2) is 4.98 Å². The maximum absolute atomic E-state index is 10.9. The molecule has 2 aromatic rings. The van der Waals surface area contributed by atoms with Crippen LogP contribution in [0.5, 0.6) is 0 Å². The molecule has 0 unspecified atom stereocenters. The maximum Gasteiger partial charge on any atom is 0.221 e. The molecule has 1 heterocycles. The summed E-state index contributed by atoms with van der Waals surface area (Å²) in [6.07, 6.45) is 3.49. The predicted octanol–water partition coefficient (Wildman–Crippen LogP) is 2.77. The number of nitrogens with zero attached hydrogens (tertiary/aromatic N) is 2. The highest BCUT2D eigenvalue weighted by atomic mass is 32.2. The summed E-state index contributed by atoms with van der Waals surface area (Å²) in [5.74, 6) is 1.46. The average molecular weight is 288 g/mol. The van der Waals surface area contributed by atoms with Gasteiger partial charge in [0.2, 0.25) is 5.91 Å². The van der Waals surface area contributed by atoms with Crippen molar-refractivity contribution in [3.63, 3.8) is 0 Å². The second-order valence-electron chi connectivity index (χ2n) is 4.14. The topological polar surface area (TPSA) is 66.9 Å². The van der Waals surface area contributed by atoms with Crippen molar-refractivity contribution in [2.75, 3.05) is 17.7 Å². The van der Waals surface area contributed by atoms with E-state index in [1.807, 2.05) is 31.3 Å². The maximum atomic E-state index is 10.9. The highest BCUT2D eigenvalue weighted by Gasteiger charge is 2.00. The molecule has 1 aromatic heterocycles. The zero-order chi connectivity index (χ0) is 14.4. The van der Waals surface area contributed by atoms with Gasteiger partial charge in [0, 0.05) is 30.3 Å². The lowest BCUT2D eigenvalue weighted by Gasteiger charge is -2.05. The molecule has 5 nitrogen and oxygen atoms in total. The number of aromatic nitrogens is 2. The molecular weight excluding hydrogens is 272 g/mol.